The fourth-order valence-corrected chi connectivity index (χ4v) is 3.97. The third-order valence-electron chi connectivity index (χ3n) is 2.98. The van der Waals surface area contributed by atoms with Gasteiger partial charge in [0.25, 0.3) is 0 Å². The van der Waals surface area contributed by atoms with Crippen LogP contribution in [0.25, 0.3) is 10.1 Å². The first-order valence-corrected chi connectivity index (χ1v) is 8.20. The molecule has 3 aromatic rings. The number of hydrogen-bond donors (Lipinski definition) is 0. The zero-order valence-electron chi connectivity index (χ0n) is 9.99. The summed E-state index contributed by atoms with van der Waals surface area (Å²) in [5.74, 6) is -0.477. The maximum absolute atomic E-state index is 13.2. The van der Waals surface area contributed by atoms with E-state index in [1.165, 1.54) is 29.5 Å². The number of benzene rings is 2. The molecule has 0 saturated carbocycles. The molecule has 2 aromatic carbocycles. The standard InChI is InChI=1S/C15H7Br2FOS/c16-11-3-1-2-9-10(7-20-15(9)11)14(19)8-4-5-13(18)12(17)6-8/h1-7H. The Morgan fingerprint density at radius 1 is 1.10 bits per heavy atom. The molecule has 1 aromatic heterocycles. The van der Waals surface area contributed by atoms with Gasteiger partial charge in [-0.2, -0.15) is 0 Å². The van der Waals surface area contributed by atoms with Crippen molar-refractivity contribution in [3.8, 4) is 0 Å². The number of ketones is 1. The Kier molecular flexibility index (Phi) is 3.75. The molecule has 0 aliphatic rings. The van der Waals surface area contributed by atoms with Gasteiger partial charge in [-0.05, 0) is 56.1 Å². The average Bonchev–Trinajstić information content (AvgIpc) is 2.86. The van der Waals surface area contributed by atoms with Gasteiger partial charge in [0.2, 0.25) is 0 Å². The fraction of sp³-hybridized carbons (Fsp3) is 0. The van der Waals surface area contributed by atoms with Crippen LogP contribution in [0, 0.1) is 5.82 Å². The molecule has 0 fully saturated rings. The molecule has 0 aliphatic heterocycles. The van der Waals surface area contributed by atoms with Crippen LogP contribution in [0.2, 0.25) is 0 Å². The number of carbonyl (C=O) groups is 1. The molecule has 20 heavy (non-hydrogen) atoms. The van der Waals surface area contributed by atoms with E-state index in [4.69, 9.17) is 0 Å². The lowest BCUT2D eigenvalue weighted by molar-refractivity contribution is 0.104. The van der Waals surface area contributed by atoms with E-state index in [9.17, 15) is 9.18 Å². The zero-order valence-corrected chi connectivity index (χ0v) is 14.0. The van der Waals surface area contributed by atoms with Gasteiger partial charge in [0.05, 0.1) is 4.47 Å². The molecule has 0 radical (unpaired) electrons. The Labute approximate surface area is 135 Å². The van der Waals surface area contributed by atoms with Crippen LogP contribution in [-0.4, -0.2) is 5.78 Å². The first-order chi connectivity index (χ1) is 9.58. The molecule has 1 heterocycles. The lowest BCUT2D eigenvalue weighted by Gasteiger charge is -2.02. The van der Waals surface area contributed by atoms with Crippen molar-refractivity contribution in [3.05, 3.63) is 67.7 Å². The van der Waals surface area contributed by atoms with Crippen LogP contribution < -0.4 is 0 Å². The predicted octanol–water partition coefficient (Wildman–Crippen LogP) is 5.80. The predicted molar refractivity (Wildman–Crippen MR) is 87.1 cm³/mol. The van der Waals surface area contributed by atoms with Gasteiger partial charge in [-0.15, -0.1) is 11.3 Å². The van der Waals surface area contributed by atoms with Gasteiger partial charge in [-0.25, -0.2) is 4.39 Å². The Bertz CT molecular complexity index is 826. The number of hydrogen-bond acceptors (Lipinski definition) is 2. The molecule has 0 spiro atoms. The normalized spacial score (nSPS) is 10.9. The summed E-state index contributed by atoms with van der Waals surface area (Å²) in [7, 11) is 0. The monoisotopic (exact) mass is 412 g/mol. The third-order valence-corrected chi connectivity index (χ3v) is 5.54. The first kappa shape index (κ1) is 13.9. The Hall–Kier alpha value is -1.04. The fourth-order valence-electron chi connectivity index (χ4n) is 1.99. The maximum Gasteiger partial charge on any atom is 0.194 e. The van der Waals surface area contributed by atoms with Gasteiger partial charge in [-0.1, -0.05) is 12.1 Å². The molecule has 0 saturated heterocycles. The van der Waals surface area contributed by atoms with Crippen LogP contribution in [0.3, 0.4) is 0 Å². The van der Waals surface area contributed by atoms with Gasteiger partial charge in [0.1, 0.15) is 5.82 Å². The summed E-state index contributed by atoms with van der Waals surface area (Å²) in [6.45, 7) is 0. The molecule has 100 valence electrons. The molecule has 5 heteroatoms. The lowest BCUT2D eigenvalue weighted by Crippen LogP contribution is -2.00. The molecule has 0 atom stereocenters. The minimum atomic E-state index is -0.375. The molecular formula is C15H7Br2FOS. The molecule has 0 N–H and O–H groups in total. The molecule has 1 nitrogen and oxygen atoms in total. The summed E-state index contributed by atoms with van der Waals surface area (Å²) < 4.78 is 15.6. The van der Waals surface area contributed by atoms with Gasteiger partial charge in [0.15, 0.2) is 5.78 Å². The second-order valence-corrected chi connectivity index (χ2v) is 6.81. The molecule has 0 bridgehead atoms. The summed E-state index contributed by atoms with van der Waals surface area (Å²) in [6, 6.07) is 10.1. The van der Waals surface area contributed by atoms with Crippen LogP contribution in [0.15, 0.2) is 50.7 Å². The number of fused-ring (bicyclic) bond motifs is 1. The van der Waals surface area contributed by atoms with Crippen LogP contribution in [0.1, 0.15) is 15.9 Å². The molecule has 0 amide bonds. The van der Waals surface area contributed by atoms with Crippen molar-refractivity contribution in [1.29, 1.82) is 0 Å². The Morgan fingerprint density at radius 3 is 2.65 bits per heavy atom. The molecular weight excluding hydrogens is 407 g/mol. The summed E-state index contributed by atoms with van der Waals surface area (Å²) in [5, 5.41) is 2.75. The SMILES string of the molecule is O=C(c1ccc(F)c(Br)c1)c1csc2c(Br)cccc12. The van der Waals surface area contributed by atoms with E-state index in [0.29, 0.717) is 15.6 Å². The maximum atomic E-state index is 13.2. The van der Waals surface area contributed by atoms with Crippen LogP contribution in [-0.2, 0) is 0 Å². The zero-order chi connectivity index (χ0) is 14.3. The third kappa shape index (κ3) is 2.34. The topological polar surface area (TPSA) is 17.1 Å². The van der Waals surface area contributed by atoms with Crippen molar-refractivity contribution in [2.75, 3.05) is 0 Å². The van der Waals surface area contributed by atoms with Crippen LogP contribution in [0.5, 0.6) is 0 Å². The Balaban J connectivity index is 2.13. The highest BCUT2D eigenvalue weighted by atomic mass is 79.9. The average molecular weight is 414 g/mol. The minimum Gasteiger partial charge on any atom is -0.289 e. The van der Waals surface area contributed by atoms with E-state index in [-0.39, 0.29) is 11.6 Å². The van der Waals surface area contributed by atoms with Crippen molar-refractivity contribution in [3.63, 3.8) is 0 Å². The van der Waals surface area contributed by atoms with Crippen LogP contribution >= 0.6 is 43.2 Å². The smallest absolute Gasteiger partial charge is 0.194 e. The van der Waals surface area contributed by atoms with E-state index >= 15 is 0 Å². The van der Waals surface area contributed by atoms with Crippen molar-refractivity contribution >= 4 is 59.1 Å². The number of thiophene rings is 1. The lowest BCUT2D eigenvalue weighted by atomic mass is 10.0. The van der Waals surface area contributed by atoms with Crippen molar-refractivity contribution in [1.82, 2.24) is 0 Å². The number of carbonyl (C=O) groups excluding carboxylic acids is 1. The van der Waals surface area contributed by atoms with Gasteiger partial charge >= 0.3 is 0 Å². The molecule has 0 aliphatic carbocycles. The van der Waals surface area contributed by atoms with E-state index in [1.807, 2.05) is 23.6 Å². The Morgan fingerprint density at radius 2 is 1.90 bits per heavy atom. The summed E-state index contributed by atoms with van der Waals surface area (Å²) in [5.41, 5.74) is 1.11. The highest BCUT2D eigenvalue weighted by molar-refractivity contribution is 9.11. The van der Waals surface area contributed by atoms with Crippen molar-refractivity contribution in [2.24, 2.45) is 0 Å². The number of rotatable bonds is 2. The van der Waals surface area contributed by atoms with Gasteiger partial charge in [0, 0.05) is 31.1 Å². The largest absolute Gasteiger partial charge is 0.289 e. The second kappa shape index (κ2) is 5.39. The van der Waals surface area contributed by atoms with E-state index in [0.717, 1.165) is 14.6 Å². The summed E-state index contributed by atoms with van der Waals surface area (Å²) in [4.78, 5) is 12.5. The second-order valence-electron chi connectivity index (χ2n) is 4.22. The molecule has 3 rings (SSSR count). The van der Waals surface area contributed by atoms with E-state index in [1.54, 1.807) is 0 Å². The first-order valence-electron chi connectivity index (χ1n) is 5.73. The highest BCUT2D eigenvalue weighted by Crippen LogP contribution is 2.33. The van der Waals surface area contributed by atoms with E-state index in [2.05, 4.69) is 31.9 Å². The van der Waals surface area contributed by atoms with Gasteiger partial charge < -0.3 is 0 Å². The minimum absolute atomic E-state index is 0.102. The van der Waals surface area contributed by atoms with Crippen LogP contribution in [0.4, 0.5) is 4.39 Å². The van der Waals surface area contributed by atoms with E-state index < -0.39 is 0 Å². The molecule has 0 unspecified atom stereocenters. The number of halogens is 3. The highest BCUT2D eigenvalue weighted by Gasteiger charge is 2.16. The summed E-state index contributed by atoms with van der Waals surface area (Å²) in [6.07, 6.45) is 0. The quantitative estimate of drug-likeness (QED) is 0.485. The van der Waals surface area contributed by atoms with Crippen molar-refractivity contribution < 1.29 is 9.18 Å². The summed E-state index contributed by atoms with van der Waals surface area (Å²) >= 11 is 8.10. The van der Waals surface area contributed by atoms with Crippen molar-refractivity contribution in [2.45, 2.75) is 0 Å². The van der Waals surface area contributed by atoms with Gasteiger partial charge in [-0.3, -0.25) is 4.79 Å².